The fourth-order valence-electron chi connectivity index (χ4n) is 3.60. The molecule has 0 amide bonds. The third-order valence-electron chi connectivity index (χ3n) is 4.67. The maximum atomic E-state index is 4.69. The van der Waals surface area contributed by atoms with Crippen LogP contribution >= 0.6 is 0 Å². The van der Waals surface area contributed by atoms with E-state index in [9.17, 15) is 0 Å². The van der Waals surface area contributed by atoms with Crippen molar-refractivity contribution >= 4 is 23.8 Å². The van der Waals surface area contributed by atoms with Gasteiger partial charge in [-0.2, -0.15) is 0 Å². The van der Waals surface area contributed by atoms with Gasteiger partial charge in [-0.15, -0.1) is 0 Å². The first-order valence-corrected chi connectivity index (χ1v) is 9.26. The van der Waals surface area contributed by atoms with Gasteiger partial charge in [-0.05, 0) is 75.9 Å². The summed E-state index contributed by atoms with van der Waals surface area (Å²) < 4.78 is 0. The van der Waals surface area contributed by atoms with E-state index in [1.54, 1.807) is 0 Å². The molecule has 0 spiro atoms. The normalized spacial score (nSPS) is 10.6. The second-order valence-electron chi connectivity index (χ2n) is 7.38. The molecule has 0 saturated heterocycles. The van der Waals surface area contributed by atoms with Crippen molar-refractivity contribution in [2.45, 2.75) is 41.5 Å². The average Bonchev–Trinajstić information content (AvgIpc) is 3.00. The minimum atomic E-state index is 0. The smallest absolute Gasteiger partial charge is 0.358 e. The topological polar surface area (TPSA) is 40.5 Å². The van der Waals surface area contributed by atoms with E-state index in [0.717, 1.165) is 22.8 Å². The van der Waals surface area contributed by atoms with Gasteiger partial charge in [0.1, 0.15) is 0 Å². The van der Waals surface area contributed by atoms with Crippen LogP contribution in [0.4, 0.5) is 11.4 Å². The summed E-state index contributed by atoms with van der Waals surface area (Å²) in [6.45, 7) is 12.6. The first kappa shape index (κ1) is 27.6. The zero-order valence-corrected chi connectivity index (χ0v) is 20.5. The fraction of sp³-hybridized carbons (Fsp3) is 0.231. The third kappa shape index (κ3) is 6.55. The molecule has 0 aliphatic heterocycles. The van der Waals surface area contributed by atoms with Crippen molar-refractivity contribution in [3.8, 4) is 0 Å². The first-order chi connectivity index (χ1) is 12.8. The average molecular weight is 443 g/mol. The van der Waals surface area contributed by atoms with Crippen molar-refractivity contribution in [3.63, 3.8) is 0 Å². The molecule has 0 atom stereocenters. The van der Waals surface area contributed by atoms with Gasteiger partial charge in [-0.1, -0.05) is 35.4 Å². The maximum Gasteiger partial charge on any atom is 2.00 e. The molecule has 0 aliphatic carbocycles. The van der Waals surface area contributed by atoms with Crippen molar-refractivity contribution in [1.29, 1.82) is 0 Å². The van der Waals surface area contributed by atoms with Gasteiger partial charge in [-0.25, -0.2) is 0 Å². The number of benzene rings is 2. The summed E-state index contributed by atoms with van der Waals surface area (Å²) in [5, 5.41) is 0. The Morgan fingerprint density at radius 1 is 0.600 bits per heavy atom. The summed E-state index contributed by atoms with van der Waals surface area (Å²) in [4.78, 5) is 12.7. The van der Waals surface area contributed by atoms with Crippen LogP contribution in [0.3, 0.4) is 0 Å². The molecule has 0 bridgehead atoms. The molecule has 30 heavy (non-hydrogen) atoms. The van der Waals surface area contributed by atoms with Gasteiger partial charge in [0.15, 0.2) is 0 Å². The van der Waals surface area contributed by atoms with Crippen molar-refractivity contribution in [2.24, 2.45) is 9.98 Å². The van der Waals surface area contributed by atoms with Gasteiger partial charge in [0.2, 0.25) is 0 Å². The molecule has 0 unspecified atom stereocenters. The molecule has 0 radical (unpaired) electrons. The minimum Gasteiger partial charge on any atom is -0.358 e. The molecule has 0 aliphatic rings. The quantitative estimate of drug-likeness (QED) is 0.250. The van der Waals surface area contributed by atoms with Crippen LogP contribution in [0.25, 0.3) is 0 Å². The van der Waals surface area contributed by atoms with Crippen molar-refractivity contribution in [1.82, 2.24) is 4.98 Å². The largest absolute Gasteiger partial charge is 2.00 e. The van der Waals surface area contributed by atoms with Crippen LogP contribution in [0.1, 0.15) is 44.8 Å². The van der Waals surface area contributed by atoms with Gasteiger partial charge >= 0.3 is 17.1 Å². The molecule has 1 aromatic heterocycles. The number of aliphatic imine (C=N–C) groups is 2. The monoisotopic (exact) mass is 443 g/mol. The fourth-order valence-corrected chi connectivity index (χ4v) is 3.60. The Bertz CT molecular complexity index is 914. The van der Waals surface area contributed by atoms with E-state index in [0.29, 0.717) is 0 Å². The molecule has 3 nitrogen and oxygen atoms in total. The molecule has 2 aromatic carbocycles. The minimum absolute atomic E-state index is 0. The molecule has 0 saturated carbocycles. The molecular weight excluding hydrogens is 410 g/mol. The predicted molar refractivity (Wildman–Crippen MR) is 129 cm³/mol. The molecular formula is C26H33FeN3. The summed E-state index contributed by atoms with van der Waals surface area (Å²) in [5.41, 5.74) is 11.3. The van der Waals surface area contributed by atoms with Crippen molar-refractivity contribution in [2.75, 3.05) is 0 Å². The van der Waals surface area contributed by atoms with Crippen molar-refractivity contribution < 1.29 is 17.1 Å². The molecule has 0 fully saturated rings. The number of H-pyrrole nitrogens is 1. The van der Waals surface area contributed by atoms with Crippen LogP contribution in [0.5, 0.6) is 0 Å². The maximum absolute atomic E-state index is 4.69. The van der Waals surface area contributed by atoms with Crippen LogP contribution in [0, 0.1) is 56.4 Å². The Morgan fingerprint density at radius 3 is 1.20 bits per heavy atom. The van der Waals surface area contributed by atoms with E-state index in [-0.39, 0.29) is 31.9 Å². The van der Waals surface area contributed by atoms with Gasteiger partial charge in [0, 0.05) is 0 Å². The molecule has 160 valence electrons. The molecule has 1 heterocycles. The number of hydrogen-bond acceptors (Lipinski definition) is 2. The Hall–Kier alpha value is -2.42. The first-order valence-electron chi connectivity index (χ1n) is 9.26. The van der Waals surface area contributed by atoms with Crippen molar-refractivity contribution in [3.05, 3.63) is 96.0 Å². The molecule has 3 rings (SSSR count). The molecule has 1 N–H and O–H groups in total. The predicted octanol–water partition coefficient (Wildman–Crippen LogP) is 7.26. The van der Waals surface area contributed by atoms with E-state index in [2.05, 4.69) is 80.8 Å². The summed E-state index contributed by atoms with van der Waals surface area (Å²) >= 11 is 0. The summed E-state index contributed by atoms with van der Waals surface area (Å²) in [6.07, 6.45) is 3.76. The zero-order valence-electron chi connectivity index (χ0n) is 19.4. The number of nitrogens with one attached hydrogen (secondary N) is 1. The number of aromatic nitrogens is 1. The number of nitrogens with zero attached hydrogens (tertiary/aromatic N) is 2. The molecule has 3 aromatic rings. The summed E-state index contributed by atoms with van der Waals surface area (Å²) in [6, 6.07) is 12.7. The van der Waals surface area contributed by atoms with E-state index in [4.69, 9.17) is 0 Å². The standard InChI is InChI=1S/C24H27N3.2CH3.Fe/c1-15-9-17(3)23(18(4)10-15)25-13-21-7-8-22(27-21)14-26-24-19(5)11-16(2)12-20(24)6;;;/h7-14,27H,1-6H3;2*1H3;/q;2*-1;+2. The number of aryl methyl sites for hydroxylation is 6. The van der Waals surface area contributed by atoms with Gasteiger partial charge in [-0.3, -0.25) is 9.98 Å². The Kier molecular flexibility index (Phi) is 10.7. The second kappa shape index (κ2) is 11.7. The number of aromatic amines is 1. The Morgan fingerprint density at radius 2 is 0.900 bits per heavy atom. The second-order valence-corrected chi connectivity index (χ2v) is 7.38. The van der Waals surface area contributed by atoms with Gasteiger partial charge in [0.05, 0.1) is 35.2 Å². The van der Waals surface area contributed by atoms with Gasteiger partial charge < -0.3 is 19.8 Å². The Balaban J connectivity index is 0.00000280. The molecule has 4 heteroatoms. The summed E-state index contributed by atoms with van der Waals surface area (Å²) in [7, 11) is 0. The van der Waals surface area contributed by atoms with E-state index in [1.807, 2.05) is 24.6 Å². The Labute approximate surface area is 193 Å². The van der Waals surface area contributed by atoms with Crippen LogP contribution in [-0.2, 0) is 17.1 Å². The van der Waals surface area contributed by atoms with Crippen LogP contribution < -0.4 is 0 Å². The van der Waals surface area contributed by atoms with Crippen LogP contribution in [-0.4, -0.2) is 17.4 Å². The number of rotatable bonds is 4. The van der Waals surface area contributed by atoms with Gasteiger partial charge in [0.25, 0.3) is 0 Å². The SMILES string of the molecule is Cc1cc(C)c(N=Cc2ccc(C=Nc3c(C)cc(C)cc3C)[nH]2)c(C)c1.[CH3-].[CH3-].[Fe+2]. The van der Waals surface area contributed by atoms with Crippen LogP contribution in [0.2, 0.25) is 0 Å². The zero-order chi connectivity index (χ0) is 19.6. The van der Waals surface area contributed by atoms with E-state index >= 15 is 0 Å². The number of hydrogen-bond donors (Lipinski definition) is 1. The summed E-state index contributed by atoms with van der Waals surface area (Å²) in [5.74, 6) is 0. The van der Waals surface area contributed by atoms with E-state index in [1.165, 1.54) is 33.4 Å². The van der Waals surface area contributed by atoms with Crippen LogP contribution in [0.15, 0.2) is 46.4 Å². The third-order valence-corrected chi connectivity index (χ3v) is 4.67. The van der Waals surface area contributed by atoms with E-state index < -0.39 is 0 Å².